The van der Waals surface area contributed by atoms with E-state index in [4.69, 9.17) is 0 Å². The van der Waals surface area contributed by atoms with E-state index in [0.717, 1.165) is 12.8 Å². The average molecular weight is 304 g/mol. The number of hydrogen-bond acceptors (Lipinski definition) is 3. The summed E-state index contributed by atoms with van der Waals surface area (Å²) in [6.07, 6.45) is 3.41. The molecule has 2 N–H and O–H groups in total. The van der Waals surface area contributed by atoms with Gasteiger partial charge in [0.25, 0.3) is 5.91 Å². The van der Waals surface area contributed by atoms with Gasteiger partial charge in [-0.3, -0.25) is 14.3 Å². The fourth-order valence-corrected chi connectivity index (χ4v) is 2.56. The van der Waals surface area contributed by atoms with Gasteiger partial charge in [0.1, 0.15) is 11.2 Å². The number of nitrogens with zero attached hydrogens (tertiary/aromatic N) is 2. The standard InChI is InChI=1S/C16H24N4O2/c1-9(2)6-7-10(3)18-16(22)12-8-17-15-13(14(12)21)11(4)19-20(15)5/h8-10H,6-7H2,1-5H3,(H,17,21)(H,18,22). The first-order valence-corrected chi connectivity index (χ1v) is 7.67. The summed E-state index contributed by atoms with van der Waals surface area (Å²) in [4.78, 5) is 27.8. The van der Waals surface area contributed by atoms with Crippen LogP contribution in [0.3, 0.4) is 0 Å². The molecule has 0 saturated carbocycles. The van der Waals surface area contributed by atoms with Gasteiger partial charge >= 0.3 is 0 Å². The Bertz CT molecular complexity index is 742. The normalized spacial score (nSPS) is 12.8. The summed E-state index contributed by atoms with van der Waals surface area (Å²) in [5.41, 5.74) is 1.13. The molecule has 6 heteroatoms. The minimum atomic E-state index is -0.331. The lowest BCUT2D eigenvalue weighted by molar-refractivity contribution is 0.0936. The number of rotatable bonds is 5. The van der Waals surface area contributed by atoms with Crippen LogP contribution in [0.2, 0.25) is 0 Å². The van der Waals surface area contributed by atoms with Crippen molar-refractivity contribution in [3.63, 3.8) is 0 Å². The zero-order chi connectivity index (χ0) is 16.4. The van der Waals surface area contributed by atoms with E-state index in [-0.39, 0.29) is 22.9 Å². The Kier molecular flexibility index (Phi) is 4.68. The molecule has 2 aromatic rings. The molecule has 2 heterocycles. The van der Waals surface area contributed by atoms with Crippen molar-refractivity contribution in [2.75, 3.05) is 0 Å². The highest BCUT2D eigenvalue weighted by Gasteiger charge is 2.18. The molecule has 1 amide bonds. The number of aryl methyl sites for hydroxylation is 2. The number of carbonyl (C=O) groups excluding carboxylic acids is 1. The van der Waals surface area contributed by atoms with Crippen LogP contribution in [0.5, 0.6) is 0 Å². The smallest absolute Gasteiger partial charge is 0.256 e. The first kappa shape index (κ1) is 16.3. The minimum Gasteiger partial charge on any atom is -0.349 e. The summed E-state index contributed by atoms with van der Waals surface area (Å²) < 4.78 is 1.61. The van der Waals surface area contributed by atoms with E-state index in [1.54, 1.807) is 18.7 Å². The van der Waals surface area contributed by atoms with Crippen LogP contribution in [0, 0.1) is 12.8 Å². The van der Waals surface area contributed by atoms with Crippen molar-refractivity contribution in [3.8, 4) is 0 Å². The molecule has 0 aliphatic rings. The van der Waals surface area contributed by atoms with Crippen LogP contribution in [0.1, 0.15) is 49.7 Å². The van der Waals surface area contributed by atoms with Crippen LogP contribution < -0.4 is 10.7 Å². The maximum atomic E-state index is 12.5. The van der Waals surface area contributed by atoms with E-state index < -0.39 is 0 Å². The molecule has 22 heavy (non-hydrogen) atoms. The number of amides is 1. The molecule has 0 radical (unpaired) electrons. The predicted molar refractivity (Wildman–Crippen MR) is 87.1 cm³/mol. The van der Waals surface area contributed by atoms with Gasteiger partial charge in [-0.25, -0.2) is 0 Å². The van der Waals surface area contributed by atoms with Gasteiger partial charge in [0.15, 0.2) is 0 Å². The van der Waals surface area contributed by atoms with E-state index in [9.17, 15) is 9.59 Å². The maximum absolute atomic E-state index is 12.5. The predicted octanol–water partition coefficient (Wildman–Crippen LogP) is 2.12. The molecular weight excluding hydrogens is 280 g/mol. The molecule has 0 bridgehead atoms. The third-order valence-corrected chi connectivity index (χ3v) is 3.85. The Balaban J connectivity index is 2.24. The van der Waals surface area contributed by atoms with Gasteiger partial charge in [0.05, 0.1) is 11.1 Å². The highest BCUT2D eigenvalue weighted by Crippen LogP contribution is 2.12. The minimum absolute atomic E-state index is 0.0417. The molecule has 2 aromatic heterocycles. The van der Waals surface area contributed by atoms with Gasteiger partial charge < -0.3 is 10.3 Å². The van der Waals surface area contributed by atoms with Crippen molar-refractivity contribution in [2.24, 2.45) is 13.0 Å². The summed E-state index contributed by atoms with van der Waals surface area (Å²) in [5, 5.41) is 7.59. The zero-order valence-electron chi connectivity index (χ0n) is 13.9. The topological polar surface area (TPSA) is 79.8 Å². The van der Waals surface area contributed by atoms with E-state index in [2.05, 4.69) is 29.2 Å². The lowest BCUT2D eigenvalue weighted by Crippen LogP contribution is -2.35. The summed E-state index contributed by atoms with van der Waals surface area (Å²) in [6.45, 7) is 8.03. The number of hydrogen-bond donors (Lipinski definition) is 2. The SMILES string of the molecule is Cc1nn(C)c2[nH]cc(C(=O)NC(C)CCC(C)C)c(=O)c12. The molecule has 0 aliphatic carbocycles. The van der Waals surface area contributed by atoms with Gasteiger partial charge in [0.2, 0.25) is 5.43 Å². The Labute approximate surface area is 129 Å². The van der Waals surface area contributed by atoms with Gasteiger partial charge in [-0.1, -0.05) is 13.8 Å². The fraction of sp³-hybridized carbons (Fsp3) is 0.562. The van der Waals surface area contributed by atoms with Crippen LogP contribution in [-0.4, -0.2) is 26.7 Å². The molecule has 0 spiro atoms. The fourth-order valence-electron chi connectivity index (χ4n) is 2.56. The van der Waals surface area contributed by atoms with Crippen LogP contribution in [-0.2, 0) is 7.05 Å². The highest BCUT2D eigenvalue weighted by molar-refractivity contribution is 5.97. The van der Waals surface area contributed by atoms with Crippen molar-refractivity contribution >= 4 is 16.9 Å². The van der Waals surface area contributed by atoms with Crippen LogP contribution in [0.4, 0.5) is 0 Å². The third-order valence-electron chi connectivity index (χ3n) is 3.85. The van der Waals surface area contributed by atoms with E-state index in [1.165, 1.54) is 6.20 Å². The monoisotopic (exact) mass is 304 g/mol. The van der Waals surface area contributed by atoms with Crippen LogP contribution in [0.15, 0.2) is 11.0 Å². The molecule has 1 unspecified atom stereocenters. The van der Waals surface area contributed by atoms with E-state index in [1.807, 2.05) is 6.92 Å². The summed E-state index contributed by atoms with van der Waals surface area (Å²) in [7, 11) is 1.76. The quantitative estimate of drug-likeness (QED) is 0.888. The summed E-state index contributed by atoms with van der Waals surface area (Å²) >= 11 is 0. The molecule has 0 saturated heterocycles. The molecule has 0 aromatic carbocycles. The Hall–Kier alpha value is -2.11. The summed E-state index contributed by atoms with van der Waals surface area (Å²) in [5.74, 6) is 0.264. The van der Waals surface area contributed by atoms with Gasteiger partial charge in [0, 0.05) is 19.3 Å². The molecule has 2 rings (SSSR count). The number of nitrogens with one attached hydrogen (secondary N) is 2. The molecule has 0 fully saturated rings. The maximum Gasteiger partial charge on any atom is 0.256 e. The van der Waals surface area contributed by atoms with Crippen molar-refractivity contribution < 1.29 is 4.79 Å². The molecular formula is C16H24N4O2. The summed E-state index contributed by atoms with van der Waals surface area (Å²) in [6, 6.07) is 0.0417. The third kappa shape index (κ3) is 3.21. The molecule has 1 atom stereocenters. The second-order valence-corrected chi connectivity index (χ2v) is 6.31. The van der Waals surface area contributed by atoms with Crippen molar-refractivity contribution in [1.29, 1.82) is 0 Å². The number of aromatic amines is 1. The first-order valence-electron chi connectivity index (χ1n) is 7.67. The lowest BCUT2D eigenvalue weighted by Gasteiger charge is -2.14. The lowest BCUT2D eigenvalue weighted by atomic mass is 10.0. The second kappa shape index (κ2) is 6.34. The number of fused-ring (bicyclic) bond motifs is 1. The Morgan fingerprint density at radius 2 is 2.05 bits per heavy atom. The number of aromatic nitrogens is 3. The Morgan fingerprint density at radius 1 is 1.36 bits per heavy atom. The van der Waals surface area contributed by atoms with Crippen LogP contribution in [0.25, 0.3) is 11.0 Å². The number of pyridine rings is 1. The van der Waals surface area contributed by atoms with Crippen LogP contribution >= 0.6 is 0 Å². The molecule has 6 nitrogen and oxygen atoms in total. The van der Waals surface area contributed by atoms with Crippen molar-refractivity contribution in [2.45, 2.75) is 46.6 Å². The highest BCUT2D eigenvalue weighted by atomic mass is 16.2. The number of carbonyl (C=O) groups is 1. The molecule has 0 aliphatic heterocycles. The second-order valence-electron chi connectivity index (χ2n) is 6.31. The first-order chi connectivity index (χ1) is 10.3. The number of H-pyrrole nitrogens is 1. The van der Waals surface area contributed by atoms with E-state index >= 15 is 0 Å². The van der Waals surface area contributed by atoms with E-state index in [0.29, 0.717) is 22.6 Å². The Morgan fingerprint density at radius 3 is 2.68 bits per heavy atom. The van der Waals surface area contributed by atoms with Gasteiger partial charge in [-0.15, -0.1) is 0 Å². The average Bonchev–Trinajstić information content (AvgIpc) is 2.72. The van der Waals surface area contributed by atoms with Crippen molar-refractivity contribution in [1.82, 2.24) is 20.1 Å². The molecule has 120 valence electrons. The van der Waals surface area contributed by atoms with Crippen molar-refractivity contribution in [3.05, 3.63) is 27.7 Å². The zero-order valence-corrected chi connectivity index (χ0v) is 13.9. The van der Waals surface area contributed by atoms with Gasteiger partial charge in [-0.05, 0) is 32.6 Å². The van der Waals surface area contributed by atoms with Gasteiger partial charge in [-0.2, -0.15) is 5.10 Å². The largest absolute Gasteiger partial charge is 0.349 e.